The highest BCUT2D eigenvalue weighted by atomic mass is 16.6. The number of ether oxygens (including phenoxy) is 3. The van der Waals surface area contributed by atoms with Crippen LogP contribution in [0, 0.1) is 60.3 Å². The molecule has 7 aromatic carbocycles. The smallest absolute Gasteiger partial charge is 0.189 e. The minimum absolute atomic E-state index is 0.114. The van der Waals surface area contributed by atoms with Gasteiger partial charge in [0.1, 0.15) is 17.5 Å². The third kappa shape index (κ3) is 35.1. The maximum atomic E-state index is 10.0. The van der Waals surface area contributed by atoms with Crippen LogP contribution in [0.1, 0.15) is 212 Å². The van der Waals surface area contributed by atoms with Crippen molar-refractivity contribution < 1.29 is 44.8 Å². The second kappa shape index (κ2) is 42.9. The zero-order valence-corrected chi connectivity index (χ0v) is 66.7. The number of aliphatic hydroxyl groups is 6. The number of pyridine rings is 2. The summed E-state index contributed by atoms with van der Waals surface area (Å²) in [5, 5.41) is 56.0. The largest absolute Gasteiger partial charge is 0.497 e. The fraction of sp³-hybridized carbons (Fsp3) is 0.435. The summed E-state index contributed by atoms with van der Waals surface area (Å²) in [6, 6.07) is 67.5. The van der Waals surface area contributed by atoms with E-state index in [1.54, 1.807) is 53.1 Å². The Morgan fingerprint density at radius 1 is 0.437 bits per heavy atom. The normalized spacial score (nSPS) is 15.8. The fourth-order valence-corrected chi connectivity index (χ4v) is 10.2. The number of rotatable bonds is 15. The predicted molar refractivity (Wildman–Crippen MR) is 429 cm³/mol. The first-order chi connectivity index (χ1) is 48.1. The SMILES string of the molecule is CCOC(C)(C)c1ccc(C)cc1.COc1ccc(C)cc1.C[C@@H]1C[C@H]1c1ccccc1.C[C@@H]1C[C@H]1c1ccncc1.Cc1ccc(C(C)(C)C)cc1.Cc1ccc(C(C)(C)CO)cc1.Cc1ccc(C(C)(C)O)cc1.Cc1ccc(C(C)(C)O)nc1.Cc1ccc(C(C)(O)OCC(O)CO)cc1. The van der Waals surface area contributed by atoms with E-state index in [2.05, 4.69) is 201 Å². The molecule has 6 atom stereocenters. The molecular weight excluding hydrogens is 1280 g/mol. The van der Waals surface area contributed by atoms with E-state index in [1.807, 2.05) is 127 Å². The summed E-state index contributed by atoms with van der Waals surface area (Å²) in [5.74, 6) is 3.01. The summed E-state index contributed by atoms with van der Waals surface area (Å²) in [5.41, 5.74) is 16.1. The van der Waals surface area contributed by atoms with Gasteiger partial charge in [-0.1, -0.05) is 252 Å². The van der Waals surface area contributed by atoms with Crippen molar-refractivity contribution in [2.24, 2.45) is 11.8 Å². The Kier molecular flexibility index (Phi) is 37.3. The Bertz CT molecular complexity index is 3520. The van der Waals surface area contributed by atoms with E-state index in [9.17, 15) is 15.3 Å². The summed E-state index contributed by atoms with van der Waals surface area (Å²) >= 11 is 0. The Hall–Kier alpha value is -7.68. The summed E-state index contributed by atoms with van der Waals surface area (Å²) < 4.78 is 15.8. The molecule has 11 rings (SSSR count). The molecule has 2 aliphatic rings. The monoisotopic (exact) mass is 1400 g/mol. The van der Waals surface area contributed by atoms with Crippen LogP contribution in [0.2, 0.25) is 0 Å². The number of hydrogen-bond acceptors (Lipinski definition) is 11. The van der Waals surface area contributed by atoms with Crippen molar-refractivity contribution in [2.45, 2.75) is 217 Å². The van der Waals surface area contributed by atoms with Crippen molar-refractivity contribution in [3.05, 3.63) is 302 Å². The van der Waals surface area contributed by atoms with Crippen molar-refractivity contribution in [2.75, 3.05) is 33.5 Å². The molecule has 2 heterocycles. The first-order valence-corrected chi connectivity index (χ1v) is 36.3. The van der Waals surface area contributed by atoms with E-state index in [-0.39, 0.29) is 36.3 Å². The standard InChI is InChI=1S/C12H18O4.C12H18O.C11H16O.C11H16.C10H14O.C10H12.C9H13NO.C9H11N.C8H10O/c1-9-3-5-10(6-4-9)12(2,15)16-8-11(14)7-13;1-5-13-12(3,4)11-8-6-10(2)7-9-11;1-9-4-6-10(7-5-9)11(2,3)8-12;1-9-5-7-10(8-6-9)11(2,3)4;1-8-4-6-9(7-5-8)10(2,3)11;1-8-7-10(8)9-5-3-2-4-6-9;1-7-4-5-8(10-6-7)9(2,3)11;1-7-6-9(7)8-2-4-10-5-3-8;1-7-3-5-8(9-2)6-4-7/h3-6,11,13-15H,7-8H2,1-2H3;6-9H,5H2,1-4H3;4-7,12H,8H2,1-3H3;5-8H,1-4H3;4-7,11H,1-3H3;2-6,8,10H,7H2,1H3;4-6,11H,1-3H3;2-5,7,9H,6H2,1H3;3-6H,1-2H3/t;;;;;8-,10-;;7-,9-;/m.....1.1./s1. The Morgan fingerprint density at radius 2 is 0.806 bits per heavy atom. The maximum absolute atomic E-state index is 10.0. The fourth-order valence-electron chi connectivity index (χ4n) is 10.2. The lowest BCUT2D eigenvalue weighted by Gasteiger charge is -2.25. The third-order valence-corrected chi connectivity index (χ3v) is 17.9. The third-order valence-electron chi connectivity index (χ3n) is 17.9. The average Bonchev–Trinajstić information content (AvgIpc) is 1.73. The van der Waals surface area contributed by atoms with E-state index in [4.69, 9.17) is 29.5 Å². The van der Waals surface area contributed by atoms with Crippen LogP contribution < -0.4 is 4.74 Å². The van der Waals surface area contributed by atoms with Crippen LogP contribution in [0.4, 0.5) is 0 Å². The molecule has 0 saturated heterocycles. The highest BCUT2D eigenvalue weighted by molar-refractivity contribution is 5.32. The van der Waals surface area contributed by atoms with E-state index in [1.165, 1.54) is 75.4 Å². The van der Waals surface area contributed by atoms with Gasteiger partial charge in [0.2, 0.25) is 0 Å². The molecule has 2 aromatic heterocycles. The number of nitrogens with zero attached hydrogens (tertiary/aromatic N) is 2. The van der Waals surface area contributed by atoms with Crippen LogP contribution >= 0.6 is 0 Å². The van der Waals surface area contributed by atoms with E-state index in [0.29, 0.717) is 11.3 Å². The lowest BCUT2D eigenvalue weighted by molar-refractivity contribution is -0.213. The average molecular weight is 1410 g/mol. The van der Waals surface area contributed by atoms with Crippen LogP contribution in [-0.2, 0) is 42.9 Å². The van der Waals surface area contributed by atoms with Crippen LogP contribution in [0.15, 0.2) is 219 Å². The van der Waals surface area contributed by atoms with Gasteiger partial charge < -0.3 is 44.8 Å². The highest BCUT2D eigenvalue weighted by Gasteiger charge is 2.34. The van der Waals surface area contributed by atoms with Crippen molar-refractivity contribution in [1.29, 1.82) is 0 Å². The molecule has 9 aromatic rings. The number of aryl methyl sites for hydroxylation is 7. The van der Waals surface area contributed by atoms with Gasteiger partial charge in [-0.2, -0.15) is 0 Å². The van der Waals surface area contributed by atoms with Crippen molar-refractivity contribution >= 4 is 0 Å². The molecular formula is C92H128N2O9. The van der Waals surface area contributed by atoms with Crippen LogP contribution in [0.25, 0.3) is 0 Å². The van der Waals surface area contributed by atoms with Gasteiger partial charge in [-0.05, 0) is 215 Å². The predicted octanol–water partition coefficient (Wildman–Crippen LogP) is 20.2. The molecule has 0 amide bonds. The summed E-state index contributed by atoms with van der Waals surface area (Å²) in [4.78, 5) is 8.08. The zero-order valence-electron chi connectivity index (χ0n) is 66.7. The van der Waals surface area contributed by atoms with E-state index in [0.717, 1.165) is 52.7 Å². The Morgan fingerprint density at radius 3 is 1.15 bits per heavy atom. The van der Waals surface area contributed by atoms with Gasteiger partial charge in [-0.25, -0.2) is 0 Å². The van der Waals surface area contributed by atoms with Crippen LogP contribution in [-0.4, -0.2) is 80.2 Å². The Labute approximate surface area is 621 Å². The Balaban J connectivity index is 0.000000302. The topological polar surface area (TPSA) is 175 Å². The molecule has 0 aliphatic heterocycles. The van der Waals surface area contributed by atoms with Crippen LogP contribution in [0.3, 0.4) is 0 Å². The second-order valence-corrected chi connectivity index (χ2v) is 30.9. The molecule has 0 bridgehead atoms. The van der Waals surface area contributed by atoms with Crippen LogP contribution in [0.5, 0.6) is 5.75 Å². The van der Waals surface area contributed by atoms with Gasteiger partial charge in [-0.3, -0.25) is 9.97 Å². The van der Waals surface area contributed by atoms with Gasteiger partial charge in [0.05, 0.1) is 43.8 Å². The first-order valence-electron chi connectivity index (χ1n) is 36.3. The highest BCUT2D eigenvalue weighted by Crippen LogP contribution is 2.47. The molecule has 0 spiro atoms. The number of methoxy groups -OCH3 is 1. The number of aromatic nitrogens is 2. The van der Waals surface area contributed by atoms with Gasteiger partial charge >= 0.3 is 0 Å². The molecule has 560 valence electrons. The second-order valence-electron chi connectivity index (χ2n) is 30.9. The minimum Gasteiger partial charge on any atom is -0.497 e. The molecule has 2 fully saturated rings. The number of hydrogen-bond donors (Lipinski definition) is 6. The molecule has 11 heteroatoms. The van der Waals surface area contributed by atoms with Crippen molar-refractivity contribution in [3.63, 3.8) is 0 Å². The quantitative estimate of drug-likeness (QED) is 0.0539. The molecule has 11 nitrogen and oxygen atoms in total. The first kappa shape index (κ1) is 89.5. The molecule has 2 unspecified atom stereocenters. The van der Waals surface area contributed by atoms with E-state index < -0.39 is 23.1 Å². The molecule has 6 N–H and O–H groups in total. The molecule has 0 radical (unpaired) electrons. The lowest BCUT2D eigenvalue weighted by atomic mass is 9.85. The number of aliphatic hydroxyl groups excluding tert-OH is 3. The summed E-state index contributed by atoms with van der Waals surface area (Å²) in [6.45, 7) is 44.9. The van der Waals surface area contributed by atoms with Gasteiger partial charge in [0, 0.05) is 36.2 Å². The van der Waals surface area contributed by atoms with Gasteiger partial charge in [-0.15, -0.1) is 0 Å². The summed E-state index contributed by atoms with van der Waals surface area (Å²) in [7, 11) is 1.67. The van der Waals surface area contributed by atoms with Crippen molar-refractivity contribution in [3.8, 4) is 5.75 Å². The zero-order chi connectivity index (χ0) is 77.4. The van der Waals surface area contributed by atoms with Gasteiger partial charge in [0.25, 0.3) is 0 Å². The maximum Gasteiger partial charge on any atom is 0.189 e. The lowest BCUT2D eigenvalue weighted by Crippen LogP contribution is -2.31. The number of benzene rings is 7. The van der Waals surface area contributed by atoms with E-state index >= 15 is 0 Å². The molecule has 2 saturated carbocycles. The summed E-state index contributed by atoms with van der Waals surface area (Å²) in [6.07, 6.45) is 7.29. The molecule has 103 heavy (non-hydrogen) atoms. The molecule has 2 aliphatic carbocycles. The van der Waals surface area contributed by atoms with Crippen molar-refractivity contribution in [1.82, 2.24) is 9.97 Å². The van der Waals surface area contributed by atoms with Gasteiger partial charge in [0.15, 0.2) is 5.79 Å². The minimum atomic E-state index is -1.45.